The van der Waals surface area contributed by atoms with Gasteiger partial charge in [-0.3, -0.25) is 4.79 Å². The first-order valence-electron chi connectivity index (χ1n) is 8.62. The van der Waals surface area contributed by atoms with Crippen molar-refractivity contribution < 1.29 is 19.4 Å². The number of rotatable bonds is 6. The maximum atomic E-state index is 12.7. The first-order valence-corrected chi connectivity index (χ1v) is 8.62. The third-order valence-electron chi connectivity index (χ3n) is 4.20. The summed E-state index contributed by atoms with van der Waals surface area (Å²) in [5.74, 6) is 0.957. The average molecular weight is 366 g/mol. The molecule has 2 aromatic carbocycles. The molecule has 140 valence electrons. The van der Waals surface area contributed by atoms with E-state index in [-0.39, 0.29) is 12.5 Å². The number of para-hydroxylation sites is 1. The summed E-state index contributed by atoms with van der Waals surface area (Å²) in [5, 5.41) is 13.0. The van der Waals surface area contributed by atoms with Crippen LogP contribution in [0, 0.1) is 0 Å². The summed E-state index contributed by atoms with van der Waals surface area (Å²) in [7, 11) is 3.15. The van der Waals surface area contributed by atoms with E-state index in [4.69, 9.17) is 9.47 Å². The minimum Gasteiger partial charge on any atom is -0.493 e. The van der Waals surface area contributed by atoms with Gasteiger partial charge in [0.2, 0.25) is 0 Å². The molecule has 0 saturated heterocycles. The predicted octanol–water partition coefficient (Wildman–Crippen LogP) is 3.03. The monoisotopic (exact) mass is 366 g/mol. The molecule has 0 saturated carbocycles. The van der Waals surface area contributed by atoms with Crippen molar-refractivity contribution in [3.8, 4) is 22.8 Å². The number of benzene rings is 2. The van der Waals surface area contributed by atoms with Crippen molar-refractivity contribution in [2.24, 2.45) is 0 Å². The highest BCUT2D eigenvalue weighted by Gasteiger charge is 2.15. The van der Waals surface area contributed by atoms with Crippen molar-refractivity contribution >= 4 is 16.8 Å². The second kappa shape index (κ2) is 8.05. The second-order valence-electron chi connectivity index (χ2n) is 6.20. The molecule has 0 aliphatic rings. The number of methoxy groups -OCH3 is 2. The molecule has 0 fully saturated rings. The van der Waals surface area contributed by atoms with Gasteiger partial charge in [-0.05, 0) is 37.3 Å². The summed E-state index contributed by atoms with van der Waals surface area (Å²) in [5.41, 5.74) is 2.68. The summed E-state index contributed by atoms with van der Waals surface area (Å²) in [4.78, 5) is 17.4. The van der Waals surface area contributed by atoms with Crippen molar-refractivity contribution in [1.82, 2.24) is 10.3 Å². The van der Waals surface area contributed by atoms with Crippen LogP contribution >= 0.6 is 0 Å². The Kier molecular flexibility index (Phi) is 5.57. The lowest BCUT2D eigenvalue weighted by Gasteiger charge is -2.13. The fourth-order valence-corrected chi connectivity index (χ4v) is 2.84. The van der Waals surface area contributed by atoms with Crippen LogP contribution in [0.3, 0.4) is 0 Å². The van der Waals surface area contributed by atoms with Gasteiger partial charge in [-0.25, -0.2) is 4.98 Å². The molecule has 2 N–H and O–H groups in total. The van der Waals surface area contributed by atoms with Crippen molar-refractivity contribution in [1.29, 1.82) is 0 Å². The molecule has 3 rings (SSSR count). The van der Waals surface area contributed by atoms with Crippen LogP contribution in [0.1, 0.15) is 17.3 Å². The number of amides is 1. The molecule has 0 radical (unpaired) electrons. The Morgan fingerprint density at radius 2 is 1.85 bits per heavy atom. The highest BCUT2D eigenvalue weighted by molar-refractivity contribution is 6.07. The van der Waals surface area contributed by atoms with Crippen molar-refractivity contribution in [2.45, 2.75) is 13.0 Å². The van der Waals surface area contributed by atoms with E-state index >= 15 is 0 Å². The van der Waals surface area contributed by atoms with E-state index in [1.165, 1.54) is 0 Å². The van der Waals surface area contributed by atoms with Gasteiger partial charge in [-0.15, -0.1) is 0 Å². The van der Waals surface area contributed by atoms with Gasteiger partial charge in [0.25, 0.3) is 5.91 Å². The first-order chi connectivity index (χ1) is 13.0. The summed E-state index contributed by atoms with van der Waals surface area (Å²) in [6, 6.07) is 14.7. The molecule has 0 spiro atoms. The number of carbonyl (C=O) groups excluding carboxylic acids is 1. The Bertz CT molecular complexity index is 970. The van der Waals surface area contributed by atoms with Gasteiger partial charge in [-0.2, -0.15) is 0 Å². The number of ether oxygens (including phenoxy) is 2. The highest BCUT2D eigenvalue weighted by atomic mass is 16.5. The van der Waals surface area contributed by atoms with Crippen LogP contribution in [0.15, 0.2) is 48.5 Å². The van der Waals surface area contributed by atoms with Crippen LogP contribution < -0.4 is 14.8 Å². The van der Waals surface area contributed by atoms with Crippen molar-refractivity contribution in [3.63, 3.8) is 0 Å². The molecule has 27 heavy (non-hydrogen) atoms. The predicted molar refractivity (Wildman–Crippen MR) is 104 cm³/mol. The molecule has 1 heterocycles. The molecular weight excluding hydrogens is 344 g/mol. The van der Waals surface area contributed by atoms with Gasteiger partial charge < -0.3 is 19.9 Å². The van der Waals surface area contributed by atoms with Gasteiger partial charge in [0.05, 0.1) is 37.1 Å². The lowest BCUT2D eigenvalue weighted by Crippen LogP contribution is -2.30. The van der Waals surface area contributed by atoms with Crippen LogP contribution in [0.4, 0.5) is 0 Å². The molecule has 1 amide bonds. The van der Waals surface area contributed by atoms with Gasteiger partial charge in [0, 0.05) is 17.5 Å². The molecule has 0 aliphatic heterocycles. The minimum absolute atomic E-state index is 0.182. The van der Waals surface area contributed by atoms with Crippen molar-refractivity contribution in [2.75, 3.05) is 20.8 Å². The number of pyridine rings is 1. The number of aliphatic hydroxyl groups is 1. The maximum Gasteiger partial charge on any atom is 0.252 e. The third-order valence-corrected chi connectivity index (χ3v) is 4.20. The van der Waals surface area contributed by atoms with Crippen LogP contribution in [-0.2, 0) is 0 Å². The largest absolute Gasteiger partial charge is 0.493 e. The number of aromatic nitrogens is 1. The SMILES string of the molecule is COc1ccc(-c2cc(C(=O)NCC(C)O)c3ccccc3n2)cc1OC. The number of aliphatic hydroxyl groups excluding tert-OH is 1. The summed E-state index contributed by atoms with van der Waals surface area (Å²) in [6.07, 6.45) is -0.618. The van der Waals surface area contributed by atoms with Gasteiger partial charge in [0.15, 0.2) is 11.5 Å². The van der Waals surface area contributed by atoms with Crippen LogP contribution in [-0.4, -0.2) is 42.9 Å². The van der Waals surface area contributed by atoms with E-state index in [1.807, 2.05) is 36.4 Å². The quantitative estimate of drug-likeness (QED) is 0.701. The number of hydrogen-bond acceptors (Lipinski definition) is 5. The molecule has 0 aliphatic carbocycles. The van der Waals surface area contributed by atoms with Gasteiger partial charge in [0.1, 0.15) is 0 Å². The normalized spacial score (nSPS) is 11.9. The Morgan fingerprint density at radius 1 is 1.11 bits per heavy atom. The summed E-state index contributed by atoms with van der Waals surface area (Å²) in [6.45, 7) is 1.81. The van der Waals surface area contributed by atoms with Crippen LogP contribution in [0.25, 0.3) is 22.2 Å². The first kappa shape index (κ1) is 18.7. The number of fused-ring (bicyclic) bond motifs is 1. The smallest absolute Gasteiger partial charge is 0.252 e. The molecule has 6 nitrogen and oxygen atoms in total. The zero-order valence-electron chi connectivity index (χ0n) is 15.5. The summed E-state index contributed by atoms with van der Waals surface area (Å²) >= 11 is 0. The zero-order chi connectivity index (χ0) is 19.4. The van der Waals surface area contributed by atoms with Gasteiger partial charge >= 0.3 is 0 Å². The van der Waals surface area contributed by atoms with Crippen LogP contribution in [0.2, 0.25) is 0 Å². The minimum atomic E-state index is -0.618. The lowest BCUT2D eigenvalue weighted by atomic mass is 10.0. The van der Waals surface area contributed by atoms with Crippen molar-refractivity contribution in [3.05, 3.63) is 54.1 Å². The Hall–Kier alpha value is -3.12. The number of nitrogens with one attached hydrogen (secondary N) is 1. The van der Waals surface area contributed by atoms with E-state index in [0.717, 1.165) is 10.9 Å². The average Bonchev–Trinajstić information content (AvgIpc) is 2.70. The standard InChI is InChI=1S/C21H22N2O4/c1-13(24)12-22-21(25)16-11-18(23-17-7-5-4-6-15(16)17)14-8-9-19(26-2)20(10-14)27-3/h4-11,13,24H,12H2,1-3H3,(H,22,25). The number of nitrogens with zero attached hydrogens (tertiary/aromatic N) is 1. The fraction of sp³-hybridized carbons (Fsp3) is 0.238. The van der Waals surface area contributed by atoms with Crippen LogP contribution in [0.5, 0.6) is 11.5 Å². The Labute approximate surface area is 157 Å². The maximum absolute atomic E-state index is 12.7. The molecule has 1 aromatic heterocycles. The van der Waals surface area contributed by atoms with E-state index in [9.17, 15) is 9.90 Å². The van der Waals surface area contributed by atoms with Gasteiger partial charge in [-0.1, -0.05) is 18.2 Å². The Balaban J connectivity index is 2.10. The van der Waals surface area contributed by atoms with E-state index in [2.05, 4.69) is 10.3 Å². The zero-order valence-corrected chi connectivity index (χ0v) is 15.5. The van der Waals surface area contributed by atoms with E-state index in [0.29, 0.717) is 28.3 Å². The molecule has 6 heteroatoms. The molecule has 3 aromatic rings. The second-order valence-corrected chi connectivity index (χ2v) is 6.20. The Morgan fingerprint density at radius 3 is 2.56 bits per heavy atom. The number of hydrogen-bond donors (Lipinski definition) is 2. The molecule has 1 atom stereocenters. The molecule has 0 bridgehead atoms. The van der Waals surface area contributed by atoms with E-state index < -0.39 is 6.10 Å². The van der Waals surface area contributed by atoms with E-state index in [1.54, 1.807) is 33.3 Å². The highest BCUT2D eigenvalue weighted by Crippen LogP contribution is 2.33. The third kappa shape index (κ3) is 4.01. The lowest BCUT2D eigenvalue weighted by molar-refractivity contribution is 0.0925. The molecule has 1 unspecified atom stereocenters. The summed E-state index contributed by atoms with van der Waals surface area (Å²) < 4.78 is 10.6. The fourth-order valence-electron chi connectivity index (χ4n) is 2.84. The molecular formula is C21H22N2O4. The topological polar surface area (TPSA) is 80.7 Å². The number of carbonyl (C=O) groups is 1.